The van der Waals surface area contributed by atoms with Gasteiger partial charge in [0.1, 0.15) is 0 Å². The Hall–Kier alpha value is -1.27. The number of aromatic nitrogens is 2. The fourth-order valence-electron chi connectivity index (χ4n) is 0.956. The molecule has 1 aromatic heterocycles. The Morgan fingerprint density at radius 1 is 1.36 bits per heavy atom. The van der Waals surface area contributed by atoms with Gasteiger partial charge in [0, 0.05) is 13.0 Å². The van der Waals surface area contributed by atoms with E-state index in [1.807, 2.05) is 0 Å². The van der Waals surface area contributed by atoms with Crippen molar-refractivity contribution >= 4 is 17.5 Å². The van der Waals surface area contributed by atoms with Crippen LogP contribution in [0.4, 0.5) is 5.95 Å². The van der Waals surface area contributed by atoms with Gasteiger partial charge in [-0.2, -0.15) is 0 Å². The maximum atomic E-state index is 5.64. The number of unbranched alkanes of at least 4 members (excludes halogenated alkanes) is 2. The molecule has 0 radical (unpaired) electrons. The predicted octanol–water partition coefficient (Wildman–Crippen LogP) is 2.35. The second kappa shape index (κ2) is 6.22. The van der Waals surface area contributed by atoms with Gasteiger partial charge in [-0.3, -0.25) is 0 Å². The lowest BCUT2D eigenvalue weighted by Crippen LogP contribution is -2.04. The van der Waals surface area contributed by atoms with E-state index < -0.39 is 0 Å². The van der Waals surface area contributed by atoms with Crippen molar-refractivity contribution in [1.29, 1.82) is 0 Å². The highest BCUT2D eigenvalue weighted by molar-refractivity contribution is 6.30. The molecule has 1 N–H and O–H groups in total. The van der Waals surface area contributed by atoms with Crippen molar-refractivity contribution in [3.05, 3.63) is 17.4 Å². The third-order valence-electron chi connectivity index (χ3n) is 1.65. The highest BCUT2D eigenvalue weighted by atomic mass is 35.5. The molecule has 0 saturated carbocycles. The Labute approximate surface area is 88.9 Å². The fourth-order valence-corrected chi connectivity index (χ4v) is 1.05. The maximum Gasteiger partial charge on any atom is 0.222 e. The van der Waals surface area contributed by atoms with Crippen molar-refractivity contribution in [1.82, 2.24) is 9.97 Å². The molecule has 1 heterocycles. The van der Waals surface area contributed by atoms with Crippen LogP contribution < -0.4 is 5.32 Å². The summed E-state index contributed by atoms with van der Waals surface area (Å²) in [6.07, 6.45) is 11.1. The van der Waals surface area contributed by atoms with Crippen LogP contribution in [-0.2, 0) is 0 Å². The van der Waals surface area contributed by atoms with E-state index in [0.717, 1.165) is 25.8 Å². The number of nitrogens with zero attached hydrogens (tertiary/aromatic N) is 2. The quantitative estimate of drug-likeness (QED) is 0.598. The molecule has 0 unspecified atom stereocenters. The van der Waals surface area contributed by atoms with Crippen LogP contribution in [0.25, 0.3) is 0 Å². The minimum absolute atomic E-state index is 0.544. The van der Waals surface area contributed by atoms with Crippen LogP contribution >= 0.6 is 11.6 Å². The Morgan fingerprint density at radius 2 is 2.07 bits per heavy atom. The van der Waals surface area contributed by atoms with Crippen LogP contribution in [0.1, 0.15) is 19.3 Å². The Balaban J connectivity index is 2.19. The molecule has 1 rings (SSSR count). The lowest BCUT2D eigenvalue weighted by Gasteiger charge is -2.02. The monoisotopic (exact) mass is 209 g/mol. The van der Waals surface area contributed by atoms with Gasteiger partial charge in [0.2, 0.25) is 5.95 Å². The molecular weight excluding hydrogens is 198 g/mol. The van der Waals surface area contributed by atoms with Crippen LogP contribution in [0.2, 0.25) is 5.02 Å². The number of hydrogen-bond donors (Lipinski definition) is 1. The van der Waals surface area contributed by atoms with Gasteiger partial charge in [0.15, 0.2) is 0 Å². The summed E-state index contributed by atoms with van der Waals surface area (Å²) in [5.41, 5.74) is 0. The Bertz CT molecular complexity index is 302. The number of anilines is 1. The van der Waals surface area contributed by atoms with Gasteiger partial charge < -0.3 is 5.32 Å². The molecule has 0 atom stereocenters. The summed E-state index contributed by atoms with van der Waals surface area (Å²) >= 11 is 5.64. The Kier molecular flexibility index (Phi) is 4.81. The van der Waals surface area contributed by atoms with Gasteiger partial charge in [0.25, 0.3) is 0 Å². The van der Waals surface area contributed by atoms with Crippen LogP contribution in [0.15, 0.2) is 12.4 Å². The number of halogens is 1. The van der Waals surface area contributed by atoms with Crippen LogP contribution in [-0.4, -0.2) is 16.5 Å². The average Bonchev–Trinajstić information content (AvgIpc) is 2.21. The predicted molar refractivity (Wildman–Crippen MR) is 58.2 cm³/mol. The van der Waals surface area contributed by atoms with Crippen molar-refractivity contribution in [2.24, 2.45) is 0 Å². The first-order chi connectivity index (χ1) is 6.83. The molecule has 14 heavy (non-hydrogen) atoms. The molecule has 74 valence electrons. The number of terminal acetylenes is 1. The van der Waals surface area contributed by atoms with Crippen molar-refractivity contribution < 1.29 is 0 Å². The summed E-state index contributed by atoms with van der Waals surface area (Å²) in [6.45, 7) is 0.837. The smallest absolute Gasteiger partial charge is 0.222 e. The Morgan fingerprint density at radius 3 is 2.71 bits per heavy atom. The van der Waals surface area contributed by atoms with E-state index in [-0.39, 0.29) is 0 Å². The van der Waals surface area contributed by atoms with Gasteiger partial charge in [-0.15, -0.1) is 12.3 Å². The van der Waals surface area contributed by atoms with Crippen LogP contribution in [0, 0.1) is 12.3 Å². The van der Waals surface area contributed by atoms with E-state index in [2.05, 4.69) is 21.2 Å². The third-order valence-corrected chi connectivity index (χ3v) is 1.85. The maximum absolute atomic E-state index is 5.64. The van der Waals surface area contributed by atoms with Crippen molar-refractivity contribution in [3.8, 4) is 12.3 Å². The molecule has 3 nitrogen and oxygen atoms in total. The van der Waals surface area contributed by atoms with E-state index in [0.29, 0.717) is 11.0 Å². The molecule has 4 heteroatoms. The lowest BCUT2D eigenvalue weighted by molar-refractivity contribution is 0.784. The molecule has 0 aromatic carbocycles. The van der Waals surface area contributed by atoms with Crippen molar-refractivity contribution in [3.63, 3.8) is 0 Å². The molecule has 0 aliphatic carbocycles. The summed E-state index contributed by atoms with van der Waals surface area (Å²) in [5, 5.41) is 3.63. The number of hydrogen-bond acceptors (Lipinski definition) is 3. The van der Waals surface area contributed by atoms with E-state index >= 15 is 0 Å². The van der Waals surface area contributed by atoms with E-state index in [9.17, 15) is 0 Å². The first-order valence-corrected chi connectivity index (χ1v) is 4.85. The normalized spacial score (nSPS) is 9.43. The molecular formula is C10H12ClN3. The van der Waals surface area contributed by atoms with Crippen LogP contribution in [0.3, 0.4) is 0 Å². The number of rotatable bonds is 5. The van der Waals surface area contributed by atoms with Crippen LogP contribution in [0.5, 0.6) is 0 Å². The summed E-state index contributed by atoms with van der Waals surface area (Å²) in [6, 6.07) is 0. The van der Waals surface area contributed by atoms with E-state index in [1.165, 1.54) is 0 Å². The zero-order chi connectivity index (χ0) is 10.2. The second-order valence-corrected chi connectivity index (χ2v) is 3.25. The molecule has 0 amide bonds. The zero-order valence-corrected chi connectivity index (χ0v) is 8.59. The molecule has 1 aromatic rings. The van der Waals surface area contributed by atoms with Gasteiger partial charge in [-0.25, -0.2) is 9.97 Å². The summed E-state index contributed by atoms with van der Waals surface area (Å²) in [7, 11) is 0. The van der Waals surface area contributed by atoms with Gasteiger partial charge in [-0.1, -0.05) is 11.6 Å². The SMILES string of the molecule is C#CCCCCNc1ncc(Cl)cn1. The standard InChI is InChI=1S/C10H12ClN3/c1-2-3-4-5-6-12-10-13-7-9(11)8-14-10/h1,7-8H,3-6H2,(H,12,13,14). The first kappa shape index (κ1) is 10.8. The van der Waals surface area contributed by atoms with Crippen molar-refractivity contribution in [2.75, 3.05) is 11.9 Å². The van der Waals surface area contributed by atoms with Gasteiger partial charge in [0.05, 0.1) is 17.4 Å². The molecule has 0 aliphatic rings. The van der Waals surface area contributed by atoms with Gasteiger partial charge in [-0.05, 0) is 12.8 Å². The highest BCUT2D eigenvalue weighted by Gasteiger charge is 1.94. The van der Waals surface area contributed by atoms with E-state index in [1.54, 1.807) is 12.4 Å². The molecule has 0 bridgehead atoms. The fraction of sp³-hybridized carbons (Fsp3) is 0.400. The molecule has 0 fully saturated rings. The van der Waals surface area contributed by atoms with Crippen molar-refractivity contribution in [2.45, 2.75) is 19.3 Å². The number of nitrogens with one attached hydrogen (secondary N) is 1. The van der Waals surface area contributed by atoms with E-state index in [4.69, 9.17) is 18.0 Å². The highest BCUT2D eigenvalue weighted by Crippen LogP contribution is 2.05. The largest absolute Gasteiger partial charge is 0.354 e. The molecule has 0 aliphatic heterocycles. The lowest BCUT2D eigenvalue weighted by atomic mass is 10.2. The summed E-state index contributed by atoms with van der Waals surface area (Å²) in [5.74, 6) is 3.20. The average molecular weight is 210 g/mol. The second-order valence-electron chi connectivity index (χ2n) is 2.81. The summed E-state index contributed by atoms with van der Waals surface area (Å²) in [4.78, 5) is 8.00. The minimum atomic E-state index is 0.544. The summed E-state index contributed by atoms with van der Waals surface area (Å²) < 4.78 is 0. The molecule has 0 saturated heterocycles. The minimum Gasteiger partial charge on any atom is -0.354 e. The van der Waals surface area contributed by atoms with Gasteiger partial charge >= 0.3 is 0 Å². The first-order valence-electron chi connectivity index (χ1n) is 4.48. The molecule has 0 spiro atoms. The third kappa shape index (κ3) is 4.11. The zero-order valence-electron chi connectivity index (χ0n) is 7.83. The topological polar surface area (TPSA) is 37.8 Å².